The van der Waals surface area contributed by atoms with Crippen LogP contribution in [0, 0.1) is 0 Å². The molecule has 0 bridgehead atoms. The van der Waals surface area contributed by atoms with Gasteiger partial charge in [0.05, 0.1) is 18.4 Å². The van der Waals surface area contributed by atoms with E-state index in [0.717, 1.165) is 12.0 Å². The SMILES string of the molecule is O=c1[nH]c2nc(/C=C/CCCO)cnc2n1Cc1cccnc1. The van der Waals surface area contributed by atoms with E-state index in [2.05, 4.69) is 19.9 Å². The van der Waals surface area contributed by atoms with Crippen LogP contribution in [0.2, 0.25) is 0 Å². The number of hydrogen-bond acceptors (Lipinski definition) is 5. The number of aromatic nitrogens is 5. The third-order valence-electron chi connectivity index (χ3n) is 3.38. The summed E-state index contributed by atoms with van der Waals surface area (Å²) >= 11 is 0. The van der Waals surface area contributed by atoms with Crippen LogP contribution >= 0.6 is 0 Å². The van der Waals surface area contributed by atoms with Gasteiger partial charge in [-0.3, -0.25) is 14.5 Å². The number of aliphatic hydroxyl groups is 1. The van der Waals surface area contributed by atoms with E-state index in [1.807, 2.05) is 24.3 Å². The van der Waals surface area contributed by atoms with Gasteiger partial charge in [0.1, 0.15) is 0 Å². The molecule has 23 heavy (non-hydrogen) atoms. The van der Waals surface area contributed by atoms with Crippen LogP contribution in [0.1, 0.15) is 24.1 Å². The Bertz CT molecular complexity index is 867. The van der Waals surface area contributed by atoms with Gasteiger partial charge in [-0.05, 0) is 30.5 Å². The summed E-state index contributed by atoms with van der Waals surface area (Å²) < 4.78 is 1.54. The van der Waals surface area contributed by atoms with Crippen molar-refractivity contribution in [3.8, 4) is 0 Å². The third-order valence-corrected chi connectivity index (χ3v) is 3.38. The Kier molecular flexibility index (Phi) is 4.58. The lowest BCUT2D eigenvalue weighted by Crippen LogP contribution is -2.17. The van der Waals surface area contributed by atoms with E-state index in [-0.39, 0.29) is 12.3 Å². The molecule has 0 aliphatic rings. The van der Waals surface area contributed by atoms with Gasteiger partial charge in [-0.25, -0.2) is 14.8 Å². The number of aliphatic hydroxyl groups excluding tert-OH is 1. The topological polar surface area (TPSA) is 96.7 Å². The minimum atomic E-state index is -0.245. The van der Waals surface area contributed by atoms with Crippen molar-refractivity contribution in [1.29, 1.82) is 0 Å². The molecule has 0 aromatic carbocycles. The zero-order chi connectivity index (χ0) is 16.1. The molecule has 3 heterocycles. The van der Waals surface area contributed by atoms with Gasteiger partial charge in [0.2, 0.25) is 0 Å². The van der Waals surface area contributed by atoms with Crippen molar-refractivity contribution in [2.45, 2.75) is 19.4 Å². The average molecular weight is 311 g/mol. The first-order chi connectivity index (χ1) is 11.3. The molecule has 2 N–H and O–H groups in total. The molecule has 0 spiro atoms. The predicted octanol–water partition coefficient (Wildman–Crippen LogP) is 1.35. The molecule has 0 atom stereocenters. The number of fused-ring (bicyclic) bond motifs is 1. The monoisotopic (exact) mass is 311 g/mol. The molecular weight excluding hydrogens is 294 g/mol. The van der Waals surface area contributed by atoms with E-state index in [0.29, 0.717) is 30.0 Å². The number of nitrogens with zero attached hydrogens (tertiary/aromatic N) is 4. The van der Waals surface area contributed by atoms with Crippen LogP contribution in [0.3, 0.4) is 0 Å². The lowest BCUT2D eigenvalue weighted by molar-refractivity contribution is 0.290. The minimum Gasteiger partial charge on any atom is -0.396 e. The van der Waals surface area contributed by atoms with Gasteiger partial charge in [-0.2, -0.15) is 0 Å². The van der Waals surface area contributed by atoms with E-state index >= 15 is 0 Å². The number of nitrogens with one attached hydrogen (secondary N) is 1. The van der Waals surface area contributed by atoms with E-state index in [4.69, 9.17) is 5.11 Å². The Balaban J connectivity index is 1.88. The predicted molar refractivity (Wildman–Crippen MR) is 86.8 cm³/mol. The Morgan fingerprint density at radius 3 is 3.04 bits per heavy atom. The summed E-state index contributed by atoms with van der Waals surface area (Å²) in [5.74, 6) is 0. The first kappa shape index (κ1) is 15.1. The molecule has 0 aliphatic carbocycles. The van der Waals surface area contributed by atoms with Crippen molar-refractivity contribution in [3.05, 3.63) is 58.5 Å². The summed E-state index contributed by atoms with van der Waals surface area (Å²) in [6, 6.07) is 3.74. The van der Waals surface area contributed by atoms with Crippen molar-refractivity contribution < 1.29 is 5.11 Å². The molecule has 0 fully saturated rings. The molecule has 7 heteroatoms. The lowest BCUT2D eigenvalue weighted by atomic mass is 10.3. The highest BCUT2D eigenvalue weighted by molar-refractivity contribution is 5.67. The van der Waals surface area contributed by atoms with Gasteiger partial charge >= 0.3 is 5.69 Å². The number of H-pyrrole nitrogens is 1. The maximum atomic E-state index is 12.1. The molecule has 0 radical (unpaired) electrons. The maximum absolute atomic E-state index is 12.1. The van der Waals surface area contributed by atoms with Gasteiger partial charge < -0.3 is 5.11 Å². The van der Waals surface area contributed by atoms with Crippen LogP contribution in [-0.2, 0) is 6.54 Å². The third kappa shape index (κ3) is 3.51. The van der Waals surface area contributed by atoms with Crippen LogP contribution in [0.25, 0.3) is 17.4 Å². The van der Waals surface area contributed by atoms with Crippen LogP contribution in [-0.4, -0.2) is 36.2 Å². The summed E-state index contributed by atoms with van der Waals surface area (Å²) in [5.41, 5.74) is 2.33. The fourth-order valence-corrected chi connectivity index (χ4v) is 2.26. The van der Waals surface area contributed by atoms with Gasteiger partial charge in [0.25, 0.3) is 0 Å². The van der Waals surface area contributed by atoms with Crippen LogP contribution in [0.4, 0.5) is 0 Å². The number of hydrogen-bond donors (Lipinski definition) is 2. The number of aromatic amines is 1. The van der Waals surface area contributed by atoms with Crippen LogP contribution in [0.5, 0.6) is 0 Å². The molecule has 0 unspecified atom stereocenters. The maximum Gasteiger partial charge on any atom is 0.329 e. The fourth-order valence-electron chi connectivity index (χ4n) is 2.26. The highest BCUT2D eigenvalue weighted by Crippen LogP contribution is 2.09. The molecular formula is C16H17N5O2. The minimum absolute atomic E-state index is 0.166. The van der Waals surface area contributed by atoms with Crippen LogP contribution < -0.4 is 5.69 Å². The van der Waals surface area contributed by atoms with Gasteiger partial charge in [-0.15, -0.1) is 0 Å². The summed E-state index contributed by atoms with van der Waals surface area (Å²) in [5, 5.41) is 8.75. The van der Waals surface area contributed by atoms with Crippen molar-refractivity contribution in [2.75, 3.05) is 6.61 Å². The smallest absolute Gasteiger partial charge is 0.329 e. The fraction of sp³-hybridized carbons (Fsp3) is 0.250. The summed E-state index contributed by atoms with van der Waals surface area (Å²) in [6.07, 6.45) is 10.3. The average Bonchev–Trinajstić information content (AvgIpc) is 2.88. The van der Waals surface area contributed by atoms with Crippen molar-refractivity contribution in [3.63, 3.8) is 0 Å². The number of rotatable bonds is 6. The molecule has 0 aliphatic heterocycles. The second kappa shape index (κ2) is 6.97. The normalized spacial score (nSPS) is 11.5. The molecule has 118 valence electrons. The molecule has 0 saturated carbocycles. The molecule has 3 rings (SSSR count). The highest BCUT2D eigenvalue weighted by atomic mass is 16.2. The van der Waals surface area contributed by atoms with E-state index in [1.165, 1.54) is 0 Å². The molecule has 0 saturated heterocycles. The number of pyridine rings is 1. The van der Waals surface area contributed by atoms with E-state index in [1.54, 1.807) is 23.2 Å². The van der Waals surface area contributed by atoms with Gasteiger partial charge in [0, 0.05) is 19.0 Å². The van der Waals surface area contributed by atoms with E-state index in [9.17, 15) is 4.79 Å². The van der Waals surface area contributed by atoms with Crippen LogP contribution in [0.15, 0.2) is 41.6 Å². The number of unbranched alkanes of at least 4 members (excludes halogenated alkanes) is 1. The Hall–Kier alpha value is -2.80. The summed E-state index contributed by atoms with van der Waals surface area (Å²) in [7, 11) is 0. The summed E-state index contributed by atoms with van der Waals surface area (Å²) in [6.45, 7) is 0.562. The molecule has 3 aromatic rings. The lowest BCUT2D eigenvalue weighted by Gasteiger charge is -2.02. The number of imidazole rings is 1. The molecule has 3 aromatic heterocycles. The van der Waals surface area contributed by atoms with Gasteiger partial charge in [0.15, 0.2) is 11.3 Å². The second-order valence-electron chi connectivity index (χ2n) is 5.11. The second-order valence-corrected chi connectivity index (χ2v) is 5.11. The first-order valence-electron chi connectivity index (χ1n) is 7.40. The Morgan fingerprint density at radius 1 is 1.35 bits per heavy atom. The number of allylic oxidation sites excluding steroid dienone is 1. The zero-order valence-electron chi connectivity index (χ0n) is 12.5. The standard InChI is InChI=1S/C16H17N5O2/c22-8-3-1-2-6-13-10-18-15-14(19-13)20-16(23)21(15)11-12-5-4-7-17-9-12/h2,4-7,9-10,22H,1,3,8,11H2,(H,19,20,23)/b6-2+. The molecule has 0 amide bonds. The summed E-state index contributed by atoms with van der Waals surface area (Å²) in [4.78, 5) is 27.6. The van der Waals surface area contributed by atoms with Gasteiger partial charge in [-0.1, -0.05) is 12.1 Å². The van der Waals surface area contributed by atoms with Crippen molar-refractivity contribution in [1.82, 2.24) is 24.5 Å². The van der Waals surface area contributed by atoms with E-state index < -0.39 is 0 Å². The van der Waals surface area contributed by atoms with Crippen molar-refractivity contribution >= 4 is 17.4 Å². The Labute approximate surface area is 132 Å². The quantitative estimate of drug-likeness (QED) is 0.670. The Morgan fingerprint density at radius 2 is 2.26 bits per heavy atom. The van der Waals surface area contributed by atoms with Crippen molar-refractivity contribution in [2.24, 2.45) is 0 Å². The highest BCUT2D eigenvalue weighted by Gasteiger charge is 2.10. The first-order valence-corrected chi connectivity index (χ1v) is 7.40. The molecule has 7 nitrogen and oxygen atoms in total. The largest absolute Gasteiger partial charge is 0.396 e. The zero-order valence-corrected chi connectivity index (χ0v) is 12.5.